The number of aliphatic hydroxyl groups is 1. The fraction of sp³-hybridized carbons (Fsp3) is 0.389. The number of amides is 1. The molecule has 1 saturated heterocycles. The van der Waals surface area contributed by atoms with Crippen molar-refractivity contribution in [1.82, 2.24) is 20.4 Å². The summed E-state index contributed by atoms with van der Waals surface area (Å²) < 4.78 is 1.81. The lowest BCUT2D eigenvalue weighted by atomic mass is 10.1. The maximum Gasteiger partial charge on any atom is 0.274 e. The molecule has 2 aromatic rings. The van der Waals surface area contributed by atoms with Gasteiger partial charge in [-0.2, -0.15) is 5.10 Å². The van der Waals surface area contributed by atoms with Crippen LogP contribution in [0.15, 0.2) is 35.1 Å². The quantitative estimate of drug-likeness (QED) is 0.717. The first-order valence-electron chi connectivity index (χ1n) is 8.36. The van der Waals surface area contributed by atoms with Crippen LogP contribution in [-0.4, -0.2) is 39.4 Å². The van der Waals surface area contributed by atoms with Gasteiger partial charge >= 0.3 is 0 Å². The van der Waals surface area contributed by atoms with Gasteiger partial charge in [0.2, 0.25) is 5.96 Å². The van der Waals surface area contributed by atoms with E-state index >= 15 is 0 Å². The summed E-state index contributed by atoms with van der Waals surface area (Å²) in [5.74, 6) is 0.574. The van der Waals surface area contributed by atoms with Crippen molar-refractivity contribution < 1.29 is 9.90 Å². The van der Waals surface area contributed by atoms with E-state index in [0.717, 1.165) is 22.9 Å². The molecule has 0 radical (unpaired) electrons. The van der Waals surface area contributed by atoms with Crippen LogP contribution in [0.25, 0.3) is 17.0 Å². The third-order valence-corrected chi connectivity index (χ3v) is 4.08. The molecule has 0 bridgehead atoms. The molecule has 1 aromatic carbocycles. The summed E-state index contributed by atoms with van der Waals surface area (Å²) in [6.45, 7) is 4.10. The number of guanidine groups is 1. The van der Waals surface area contributed by atoms with E-state index in [-0.39, 0.29) is 18.6 Å². The second-order valence-electron chi connectivity index (χ2n) is 6.67. The second-order valence-corrected chi connectivity index (χ2v) is 6.67. The Bertz CT molecular complexity index is 850. The number of rotatable bonds is 5. The van der Waals surface area contributed by atoms with Crippen LogP contribution in [0.1, 0.15) is 25.8 Å². The monoisotopic (exact) mass is 341 g/mol. The first-order valence-corrected chi connectivity index (χ1v) is 8.36. The largest absolute Gasteiger partial charge is 0.394 e. The number of hydrogen-bond acceptors (Lipinski definition) is 4. The van der Waals surface area contributed by atoms with Gasteiger partial charge in [0, 0.05) is 12.4 Å². The fourth-order valence-electron chi connectivity index (χ4n) is 2.89. The van der Waals surface area contributed by atoms with Crippen molar-refractivity contribution >= 4 is 28.8 Å². The van der Waals surface area contributed by atoms with Gasteiger partial charge in [0.25, 0.3) is 5.91 Å². The van der Waals surface area contributed by atoms with Gasteiger partial charge in [0.1, 0.15) is 5.70 Å². The standard InChI is InChI=1S/C18H23N5O2/c1-11(2)6-14(10-24)20-18-21-15(17(25)22-18)8-12-4-5-16-13(7-12)9-19-23(16)3/h4-5,7-9,11,14,24H,6,10H2,1-3H3,(H2,20,21,22,25)/b15-8-/t14-/m1/s1. The molecule has 1 amide bonds. The number of aliphatic hydroxyl groups excluding tert-OH is 1. The normalized spacial score (nSPS) is 19.0. The molecule has 1 aromatic heterocycles. The van der Waals surface area contributed by atoms with Gasteiger partial charge in [-0.05, 0) is 36.1 Å². The number of aliphatic imine (C=N–C) groups is 1. The van der Waals surface area contributed by atoms with Crippen LogP contribution in [-0.2, 0) is 11.8 Å². The summed E-state index contributed by atoms with van der Waals surface area (Å²) in [5.41, 5.74) is 2.37. The highest BCUT2D eigenvalue weighted by Crippen LogP contribution is 2.17. The van der Waals surface area contributed by atoms with E-state index in [9.17, 15) is 9.90 Å². The Morgan fingerprint density at radius 3 is 2.88 bits per heavy atom. The summed E-state index contributed by atoms with van der Waals surface area (Å²) >= 11 is 0. The number of aromatic nitrogens is 2. The van der Waals surface area contributed by atoms with Crippen molar-refractivity contribution in [2.45, 2.75) is 26.3 Å². The number of aryl methyl sites for hydroxylation is 1. The van der Waals surface area contributed by atoms with Gasteiger partial charge in [0.05, 0.1) is 24.4 Å². The highest BCUT2D eigenvalue weighted by atomic mass is 16.3. The van der Waals surface area contributed by atoms with Crippen LogP contribution >= 0.6 is 0 Å². The number of carbonyl (C=O) groups excluding carboxylic acids is 1. The minimum Gasteiger partial charge on any atom is -0.394 e. The highest BCUT2D eigenvalue weighted by Gasteiger charge is 2.23. The van der Waals surface area contributed by atoms with Gasteiger partial charge in [0.15, 0.2) is 0 Å². The van der Waals surface area contributed by atoms with E-state index in [0.29, 0.717) is 17.6 Å². The van der Waals surface area contributed by atoms with Crippen molar-refractivity contribution in [3.05, 3.63) is 35.7 Å². The minimum atomic E-state index is -0.230. The Labute approximate surface area is 146 Å². The van der Waals surface area contributed by atoms with Crippen LogP contribution in [0.5, 0.6) is 0 Å². The zero-order chi connectivity index (χ0) is 18.0. The summed E-state index contributed by atoms with van der Waals surface area (Å²) in [6.07, 6.45) is 4.33. The third kappa shape index (κ3) is 3.88. The average Bonchev–Trinajstić information content (AvgIpc) is 3.09. The molecule has 3 N–H and O–H groups in total. The lowest BCUT2D eigenvalue weighted by Gasteiger charge is -2.12. The smallest absolute Gasteiger partial charge is 0.274 e. The van der Waals surface area contributed by atoms with Crippen molar-refractivity contribution in [2.24, 2.45) is 18.0 Å². The topological polar surface area (TPSA) is 91.5 Å². The predicted molar refractivity (Wildman–Crippen MR) is 97.7 cm³/mol. The van der Waals surface area contributed by atoms with E-state index in [1.807, 2.05) is 25.2 Å². The molecule has 7 heteroatoms. The highest BCUT2D eigenvalue weighted by molar-refractivity contribution is 6.15. The molecule has 1 aliphatic rings. The van der Waals surface area contributed by atoms with Gasteiger partial charge in [-0.15, -0.1) is 0 Å². The van der Waals surface area contributed by atoms with E-state index < -0.39 is 0 Å². The summed E-state index contributed by atoms with van der Waals surface area (Å²) in [4.78, 5) is 16.5. The third-order valence-electron chi connectivity index (χ3n) is 4.08. The summed E-state index contributed by atoms with van der Waals surface area (Å²) in [5, 5.41) is 20.4. The molecule has 0 saturated carbocycles. The molecule has 2 heterocycles. The number of hydrogen-bond donors (Lipinski definition) is 3. The maximum atomic E-state index is 12.1. The number of fused-ring (bicyclic) bond motifs is 1. The predicted octanol–water partition coefficient (Wildman–Crippen LogP) is 1.40. The fourth-order valence-corrected chi connectivity index (χ4v) is 2.89. The SMILES string of the molecule is CC(C)C[C@H](CO)N=C1NC(=O)/C(=C/c2ccc3c(cnn3C)c2)N1. The molecule has 1 aliphatic heterocycles. The molecule has 0 unspecified atom stereocenters. The van der Waals surface area contributed by atoms with E-state index in [1.165, 1.54) is 0 Å². The van der Waals surface area contributed by atoms with Crippen molar-refractivity contribution in [2.75, 3.05) is 6.61 Å². The number of nitrogens with one attached hydrogen (secondary N) is 2. The van der Waals surface area contributed by atoms with Crippen molar-refractivity contribution in [3.63, 3.8) is 0 Å². The zero-order valence-corrected chi connectivity index (χ0v) is 14.7. The number of nitrogens with zero attached hydrogens (tertiary/aromatic N) is 3. The van der Waals surface area contributed by atoms with Crippen molar-refractivity contribution in [1.29, 1.82) is 0 Å². The van der Waals surface area contributed by atoms with Gasteiger partial charge in [-0.1, -0.05) is 19.9 Å². The summed E-state index contributed by atoms with van der Waals surface area (Å²) in [6, 6.07) is 5.67. The number of benzene rings is 1. The molecule has 25 heavy (non-hydrogen) atoms. The molecule has 7 nitrogen and oxygen atoms in total. The van der Waals surface area contributed by atoms with Crippen LogP contribution in [0.2, 0.25) is 0 Å². The van der Waals surface area contributed by atoms with Crippen LogP contribution in [0, 0.1) is 5.92 Å². The Balaban J connectivity index is 1.80. The molecule has 1 atom stereocenters. The first kappa shape index (κ1) is 17.2. The maximum absolute atomic E-state index is 12.1. The van der Waals surface area contributed by atoms with Gasteiger partial charge in [-0.25, -0.2) is 4.99 Å². The molecule has 3 rings (SSSR count). The lowest BCUT2D eigenvalue weighted by Crippen LogP contribution is -2.28. The van der Waals surface area contributed by atoms with E-state index in [4.69, 9.17) is 0 Å². The molecular formula is C18H23N5O2. The van der Waals surface area contributed by atoms with Crippen LogP contribution in [0.4, 0.5) is 0 Å². The van der Waals surface area contributed by atoms with Crippen LogP contribution < -0.4 is 10.6 Å². The molecule has 1 fully saturated rings. The number of carbonyl (C=O) groups is 1. The molecular weight excluding hydrogens is 318 g/mol. The minimum absolute atomic E-state index is 0.0457. The van der Waals surface area contributed by atoms with E-state index in [1.54, 1.807) is 17.0 Å². The van der Waals surface area contributed by atoms with E-state index in [2.05, 4.69) is 34.6 Å². The van der Waals surface area contributed by atoms with Crippen LogP contribution in [0.3, 0.4) is 0 Å². The Kier molecular flexibility index (Phi) is 4.85. The zero-order valence-electron chi connectivity index (χ0n) is 14.7. The van der Waals surface area contributed by atoms with Gasteiger partial charge < -0.3 is 10.4 Å². The Morgan fingerprint density at radius 1 is 1.36 bits per heavy atom. The van der Waals surface area contributed by atoms with Gasteiger partial charge in [-0.3, -0.25) is 14.8 Å². The Hall–Kier alpha value is -2.67. The summed E-state index contributed by atoms with van der Waals surface area (Å²) in [7, 11) is 1.89. The Morgan fingerprint density at radius 2 is 2.16 bits per heavy atom. The second kappa shape index (κ2) is 7.06. The average molecular weight is 341 g/mol. The van der Waals surface area contributed by atoms with Crippen molar-refractivity contribution in [3.8, 4) is 0 Å². The molecule has 0 spiro atoms. The lowest BCUT2D eigenvalue weighted by molar-refractivity contribution is -0.115. The molecule has 0 aliphatic carbocycles. The first-order chi connectivity index (χ1) is 12.0. The molecule has 132 valence electrons.